The van der Waals surface area contributed by atoms with Crippen molar-refractivity contribution < 1.29 is 14.2 Å². The lowest BCUT2D eigenvalue weighted by Gasteiger charge is -2.23. The van der Waals surface area contributed by atoms with Gasteiger partial charge in [0.25, 0.3) is 0 Å². The fourth-order valence-electron chi connectivity index (χ4n) is 2.03. The summed E-state index contributed by atoms with van der Waals surface area (Å²) in [6.07, 6.45) is 2.31. The topological polar surface area (TPSA) is 30.9 Å². The molecule has 15 heavy (non-hydrogen) atoms. The van der Waals surface area contributed by atoms with E-state index in [1.807, 2.05) is 0 Å². The van der Waals surface area contributed by atoms with Gasteiger partial charge < -0.3 is 14.2 Å². The SMILES string of the molecule is CCN1CCC[C@H]1COCC(OC)OC. The molecular weight excluding hydrogens is 194 g/mol. The number of nitrogens with zero attached hydrogens (tertiary/aromatic N) is 1. The van der Waals surface area contributed by atoms with E-state index in [9.17, 15) is 0 Å². The molecule has 0 radical (unpaired) electrons. The van der Waals surface area contributed by atoms with Crippen LogP contribution in [0.1, 0.15) is 19.8 Å². The highest BCUT2D eigenvalue weighted by molar-refractivity contribution is 4.77. The molecule has 1 fully saturated rings. The van der Waals surface area contributed by atoms with Gasteiger partial charge in [0, 0.05) is 20.3 Å². The number of likely N-dealkylation sites (tertiary alicyclic amines) is 1. The van der Waals surface area contributed by atoms with Crippen molar-refractivity contribution >= 4 is 0 Å². The first kappa shape index (κ1) is 12.9. The Balaban J connectivity index is 2.13. The minimum absolute atomic E-state index is 0.235. The van der Waals surface area contributed by atoms with Gasteiger partial charge in [0.05, 0.1) is 13.2 Å². The second-order valence-electron chi connectivity index (χ2n) is 3.86. The van der Waals surface area contributed by atoms with Gasteiger partial charge in [-0.05, 0) is 25.9 Å². The lowest BCUT2D eigenvalue weighted by atomic mass is 10.2. The van der Waals surface area contributed by atoms with Gasteiger partial charge >= 0.3 is 0 Å². The molecule has 1 rings (SSSR count). The minimum Gasteiger partial charge on any atom is -0.375 e. The zero-order chi connectivity index (χ0) is 11.1. The predicted octanol–water partition coefficient (Wildman–Crippen LogP) is 1.11. The molecule has 0 aromatic rings. The van der Waals surface area contributed by atoms with Crippen LogP contribution in [0.15, 0.2) is 0 Å². The number of hydrogen-bond acceptors (Lipinski definition) is 4. The molecule has 4 heteroatoms. The molecule has 0 aromatic heterocycles. The van der Waals surface area contributed by atoms with Crippen molar-refractivity contribution in [1.29, 1.82) is 0 Å². The molecule has 0 spiro atoms. The van der Waals surface area contributed by atoms with Crippen molar-refractivity contribution in [3.05, 3.63) is 0 Å². The fraction of sp³-hybridized carbons (Fsp3) is 1.00. The molecule has 90 valence electrons. The molecule has 1 heterocycles. The summed E-state index contributed by atoms with van der Waals surface area (Å²) < 4.78 is 15.7. The summed E-state index contributed by atoms with van der Waals surface area (Å²) in [5.41, 5.74) is 0. The van der Waals surface area contributed by atoms with Gasteiger partial charge in [-0.25, -0.2) is 0 Å². The van der Waals surface area contributed by atoms with E-state index < -0.39 is 0 Å². The summed E-state index contributed by atoms with van der Waals surface area (Å²) in [5.74, 6) is 0. The summed E-state index contributed by atoms with van der Waals surface area (Å²) in [7, 11) is 3.26. The third kappa shape index (κ3) is 4.07. The highest BCUT2D eigenvalue weighted by Gasteiger charge is 2.23. The average molecular weight is 217 g/mol. The summed E-state index contributed by atoms with van der Waals surface area (Å²) in [5, 5.41) is 0. The Hall–Kier alpha value is -0.160. The molecule has 0 aromatic carbocycles. The molecular formula is C11H23NO3. The Bertz CT molecular complexity index is 162. The zero-order valence-electron chi connectivity index (χ0n) is 10.1. The van der Waals surface area contributed by atoms with Crippen LogP contribution in [0, 0.1) is 0 Å². The Morgan fingerprint density at radius 2 is 2.07 bits per heavy atom. The number of methoxy groups -OCH3 is 2. The highest BCUT2D eigenvalue weighted by Crippen LogP contribution is 2.16. The number of likely N-dealkylation sites (N-methyl/N-ethyl adjacent to an activating group) is 1. The summed E-state index contributed by atoms with van der Waals surface area (Å²) in [4.78, 5) is 2.47. The van der Waals surface area contributed by atoms with E-state index in [2.05, 4.69) is 11.8 Å². The lowest BCUT2D eigenvalue weighted by molar-refractivity contribution is -0.143. The fourth-order valence-corrected chi connectivity index (χ4v) is 2.03. The van der Waals surface area contributed by atoms with Crippen LogP contribution < -0.4 is 0 Å². The van der Waals surface area contributed by atoms with Crippen LogP contribution in [-0.2, 0) is 14.2 Å². The molecule has 1 aliphatic rings. The monoisotopic (exact) mass is 217 g/mol. The zero-order valence-corrected chi connectivity index (χ0v) is 10.1. The summed E-state index contributed by atoms with van der Waals surface area (Å²) in [6.45, 7) is 5.83. The van der Waals surface area contributed by atoms with E-state index in [-0.39, 0.29) is 6.29 Å². The van der Waals surface area contributed by atoms with Gasteiger partial charge in [-0.2, -0.15) is 0 Å². The molecule has 0 bridgehead atoms. The van der Waals surface area contributed by atoms with Gasteiger partial charge in [-0.3, -0.25) is 4.90 Å². The summed E-state index contributed by atoms with van der Waals surface area (Å²) >= 11 is 0. The van der Waals surface area contributed by atoms with Crippen molar-refractivity contribution in [3.8, 4) is 0 Å². The van der Waals surface area contributed by atoms with Crippen LogP contribution in [-0.4, -0.2) is 57.8 Å². The maximum atomic E-state index is 5.60. The van der Waals surface area contributed by atoms with E-state index in [0.29, 0.717) is 12.6 Å². The van der Waals surface area contributed by atoms with Crippen molar-refractivity contribution in [2.45, 2.75) is 32.1 Å². The quantitative estimate of drug-likeness (QED) is 0.598. The highest BCUT2D eigenvalue weighted by atomic mass is 16.7. The van der Waals surface area contributed by atoms with E-state index in [1.54, 1.807) is 14.2 Å². The molecule has 0 N–H and O–H groups in total. The first-order chi connectivity index (χ1) is 7.31. The predicted molar refractivity (Wildman–Crippen MR) is 58.9 cm³/mol. The average Bonchev–Trinajstić information content (AvgIpc) is 2.72. The van der Waals surface area contributed by atoms with Gasteiger partial charge in [0.15, 0.2) is 6.29 Å². The first-order valence-corrected chi connectivity index (χ1v) is 5.69. The van der Waals surface area contributed by atoms with Crippen molar-refractivity contribution in [2.24, 2.45) is 0 Å². The van der Waals surface area contributed by atoms with Crippen LogP contribution in [0.4, 0.5) is 0 Å². The van der Waals surface area contributed by atoms with Crippen LogP contribution in [0.5, 0.6) is 0 Å². The normalized spacial score (nSPS) is 22.8. The number of hydrogen-bond donors (Lipinski definition) is 0. The Morgan fingerprint density at radius 3 is 2.67 bits per heavy atom. The van der Waals surface area contributed by atoms with Crippen LogP contribution in [0.3, 0.4) is 0 Å². The van der Waals surface area contributed by atoms with Gasteiger partial charge in [-0.15, -0.1) is 0 Å². The standard InChI is InChI=1S/C11H23NO3/c1-4-12-7-5-6-10(12)8-15-9-11(13-2)14-3/h10-11H,4-9H2,1-3H3/t10-/m0/s1. The maximum Gasteiger partial charge on any atom is 0.180 e. The van der Waals surface area contributed by atoms with Crippen molar-refractivity contribution in [3.63, 3.8) is 0 Å². The van der Waals surface area contributed by atoms with E-state index in [1.165, 1.54) is 19.4 Å². The smallest absolute Gasteiger partial charge is 0.180 e. The molecule has 0 unspecified atom stereocenters. The molecule has 1 atom stereocenters. The number of rotatable bonds is 7. The maximum absolute atomic E-state index is 5.60. The lowest BCUT2D eigenvalue weighted by Crippen LogP contribution is -2.34. The second-order valence-corrected chi connectivity index (χ2v) is 3.86. The largest absolute Gasteiger partial charge is 0.375 e. The Labute approximate surface area is 92.5 Å². The van der Waals surface area contributed by atoms with E-state index in [4.69, 9.17) is 14.2 Å². The van der Waals surface area contributed by atoms with Crippen LogP contribution >= 0.6 is 0 Å². The molecule has 0 aliphatic carbocycles. The van der Waals surface area contributed by atoms with E-state index in [0.717, 1.165) is 13.2 Å². The number of ether oxygens (including phenoxy) is 3. The second kappa shape index (κ2) is 7.17. The molecule has 1 saturated heterocycles. The van der Waals surface area contributed by atoms with Crippen LogP contribution in [0.25, 0.3) is 0 Å². The Morgan fingerprint density at radius 1 is 1.33 bits per heavy atom. The third-order valence-electron chi connectivity index (χ3n) is 3.00. The molecule has 0 saturated carbocycles. The molecule has 4 nitrogen and oxygen atoms in total. The van der Waals surface area contributed by atoms with Gasteiger partial charge in [0.2, 0.25) is 0 Å². The minimum atomic E-state index is -0.235. The third-order valence-corrected chi connectivity index (χ3v) is 3.00. The Kier molecular flexibility index (Phi) is 6.17. The summed E-state index contributed by atoms with van der Waals surface area (Å²) in [6, 6.07) is 0.587. The molecule has 0 amide bonds. The van der Waals surface area contributed by atoms with Crippen molar-refractivity contribution in [1.82, 2.24) is 4.90 Å². The van der Waals surface area contributed by atoms with Crippen molar-refractivity contribution in [2.75, 3.05) is 40.5 Å². The van der Waals surface area contributed by atoms with E-state index >= 15 is 0 Å². The molecule has 1 aliphatic heterocycles. The first-order valence-electron chi connectivity index (χ1n) is 5.69. The van der Waals surface area contributed by atoms with Gasteiger partial charge in [-0.1, -0.05) is 6.92 Å². The van der Waals surface area contributed by atoms with Gasteiger partial charge in [0.1, 0.15) is 0 Å². The van der Waals surface area contributed by atoms with Crippen LogP contribution in [0.2, 0.25) is 0 Å².